The lowest BCUT2D eigenvalue weighted by molar-refractivity contribution is 1.02. The Hall–Kier alpha value is -0.720. The summed E-state index contributed by atoms with van der Waals surface area (Å²) in [4.78, 5) is 0. The third-order valence-corrected chi connectivity index (χ3v) is 1.42. The van der Waals surface area contributed by atoms with E-state index in [4.69, 9.17) is 0 Å². The molecule has 0 atom stereocenters. The molecular formula is C8H13N. The Morgan fingerprint density at radius 1 is 1.78 bits per heavy atom. The summed E-state index contributed by atoms with van der Waals surface area (Å²) >= 11 is 0. The molecule has 0 aromatic rings. The lowest BCUT2D eigenvalue weighted by Crippen LogP contribution is -1.95. The van der Waals surface area contributed by atoms with Crippen LogP contribution in [0.25, 0.3) is 0 Å². The van der Waals surface area contributed by atoms with Crippen molar-refractivity contribution in [2.75, 3.05) is 0 Å². The molecule has 0 saturated carbocycles. The van der Waals surface area contributed by atoms with Crippen LogP contribution in [0.15, 0.2) is 23.5 Å². The first-order valence-corrected chi connectivity index (χ1v) is 3.44. The molecule has 1 rings (SSSR count). The highest BCUT2D eigenvalue weighted by Crippen LogP contribution is 2.13. The van der Waals surface area contributed by atoms with Crippen molar-refractivity contribution in [1.82, 2.24) is 5.32 Å². The monoisotopic (exact) mass is 123 g/mol. The Balaban J connectivity index is 2.46. The Bertz CT molecular complexity index is 154. The number of hydrogen-bond donors (Lipinski definition) is 1. The molecule has 1 heteroatoms. The second kappa shape index (κ2) is 2.72. The van der Waals surface area contributed by atoms with Gasteiger partial charge < -0.3 is 5.32 Å². The zero-order valence-electron chi connectivity index (χ0n) is 6.07. The minimum Gasteiger partial charge on any atom is -0.365 e. The molecule has 1 nitrogen and oxygen atoms in total. The maximum Gasteiger partial charge on any atom is 0.0147 e. The van der Waals surface area contributed by atoms with Gasteiger partial charge in [0.05, 0.1) is 0 Å². The Morgan fingerprint density at radius 2 is 2.56 bits per heavy atom. The maximum absolute atomic E-state index is 3.21. The predicted molar refractivity (Wildman–Crippen MR) is 39.9 cm³/mol. The van der Waals surface area contributed by atoms with Gasteiger partial charge in [0, 0.05) is 18.3 Å². The Labute approximate surface area is 56.5 Å². The molecule has 0 aliphatic carbocycles. The molecule has 50 valence electrons. The molecule has 9 heavy (non-hydrogen) atoms. The third-order valence-electron chi connectivity index (χ3n) is 1.42. The van der Waals surface area contributed by atoms with Gasteiger partial charge in [-0.1, -0.05) is 18.6 Å². The summed E-state index contributed by atoms with van der Waals surface area (Å²) in [5.74, 6) is 0. The molecule has 1 N–H and O–H groups in total. The van der Waals surface area contributed by atoms with E-state index < -0.39 is 0 Å². The molecule has 0 fully saturated rings. The molecule has 0 radical (unpaired) electrons. The van der Waals surface area contributed by atoms with Crippen molar-refractivity contribution in [3.05, 3.63) is 23.5 Å². The summed E-state index contributed by atoms with van der Waals surface area (Å²) in [6.45, 7) is 4.30. The summed E-state index contributed by atoms with van der Waals surface area (Å²) in [6.07, 6.45) is 6.55. The van der Waals surface area contributed by atoms with E-state index in [1.165, 1.54) is 11.3 Å². The standard InChI is InChI=1S/C8H13N/c1-3-4-8-5-7(2)6-9-8/h4,6,9H,3,5H2,1-2H3/b8-4+. The Kier molecular flexibility index (Phi) is 1.93. The summed E-state index contributed by atoms with van der Waals surface area (Å²) in [5.41, 5.74) is 2.78. The topological polar surface area (TPSA) is 12.0 Å². The van der Waals surface area contributed by atoms with Gasteiger partial charge in [-0.25, -0.2) is 0 Å². The van der Waals surface area contributed by atoms with Crippen molar-refractivity contribution in [3.8, 4) is 0 Å². The van der Waals surface area contributed by atoms with Gasteiger partial charge in [0.1, 0.15) is 0 Å². The molecule has 0 unspecified atom stereocenters. The average Bonchev–Trinajstić information content (AvgIpc) is 2.17. The van der Waals surface area contributed by atoms with Crippen LogP contribution < -0.4 is 5.32 Å². The summed E-state index contributed by atoms with van der Waals surface area (Å²) < 4.78 is 0. The first-order valence-electron chi connectivity index (χ1n) is 3.44. The normalized spacial score (nSPS) is 22.0. The molecule has 0 aromatic heterocycles. The molecule has 0 saturated heterocycles. The molecule has 1 aliphatic heterocycles. The van der Waals surface area contributed by atoms with Crippen LogP contribution in [0, 0.1) is 0 Å². The van der Waals surface area contributed by atoms with Gasteiger partial charge in [0.25, 0.3) is 0 Å². The van der Waals surface area contributed by atoms with Gasteiger partial charge in [-0.15, -0.1) is 0 Å². The van der Waals surface area contributed by atoms with E-state index in [1.807, 2.05) is 0 Å². The number of hydrogen-bond acceptors (Lipinski definition) is 1. The van der Waals surface area contributed by atoms with Crippen molar-refractivity contribution in [3.63, 3.8) is 0 Å². The molecular weight excluding hydrogens is 110 g/mol. The summed E-state index contributed by atoms with van der Waals surface area (Å²) in [6, 6.07) is 0. The van der Waals surface area contributed by atoms with Crippen LogP contribution in [0.1, 0.15) is 26.7 Å². The SMILES string of the molecule is CC/C=C1\CC(C)=CN1. The van der Waals surface area contributed by atoms with Gasteiger partial charge in [-0.3, -0.25) is 0 Å². The van der Waals surface area contributed by atoms with E-state index in [-0.39, 0.29) is 0 Å². The van der Waals surface area contributed by atoms with Crippen molar-refractivity contribution in [2.24, 2.45) is 0 Å². The smallest absolute Gasteiger partial charge is 0.0147 e. The van der Waals surface area contributed by atoms with Crippen LogP contribution >= 0.6 is 0 Å². The average molecular weight is 123 g/mol. The van der Waals surface area contributed by atoms with Crippen LogP contribution in [0.2, 0.25) is 0 Å². The molecule has 1 aliphatic rings. The second-order valence-corrected chi connectivity index (χ2v) is 2.45. The van der Waals surface area contributed by atoms with Crippen molar-refractivity contribution < 1.29 is 0 Å². The summed E-state index contributed by atoms with van der Waals surface area (Å²) in [5, 5.41) is 3.21. The van der Waals surface area contributed by atoms with Crippen LogP contribution in [0.5, 0.6) is 0 Å². The predicted octanol–water partition coefficient (Wildman–Crippen LogP) is 2.18. The third kappa shape index (κ3) is 1.60. The Morgan fingerprint density at radius 3 is 3.00 bits per heavy atom. The van der Waals surface area contributed by atoms with Gasteiger partial charge >= 0.3 is 0 Å². The molecule has 0 spiro atoms. The zero-order chi connectivity index (χ0) is 6.69. The fourth-order valence-corrected chi connectivity index (χ4v) is 0.996. The lowest BCUT2D eigenvalue weighted by atomic mass is 10.2. The number of rotatable bonds is 1. The van der Waals surface area contributed by atoms with Crippen LogP contribution in [0.3, 0.4) is 0 Å². The zero-order valence-corrected chi connectivity index (χ0v) is 6.07. The van der Waals surface area contributed by atoms with Gasteiger partial charge in [-0.05, 0) is 13.3 Å². The van der Waals surface area contributed by atoms with E-state index in [0.29, 0.717) is 0 Å². The van der Waals surface area contributed by atoms with E-state index in [2.05, 4.69) is 31.4 Å². The van der Waals surface area contributed by atoms with E-state index in [9.17, 15) is 0 Å². The summed E-state index contributed by atoms with van der Waals surface area (Å²) in [7, 11) is 0. The molecule has 1 heterocycles. The number of nitrogens with one attached hydrogen (secondary N) is 1. The first kappa shape index (κ1) is 6.40. The highest BCUT2D eigenvalue weighted by molar-refractivity contribution is 5.20. The highest BCUT2D eigenvalue weighted by atomic mass is 14.9. The van der Waals surface area contributed by atoms with Gasteiger partial charge in [-0.2, -0.15) is 0 Å². The first-order chi connectivity index (χ1) is 4.33. The van der Waals surface area contributed by atoms with E-state index in [1.54, 1.807) is 0 Å². The minimum absolute atomic E-state index is 1.12. The quantitative estimate of drug-likeness (QED) is 0.563. The lowest BCUT2D eigenvalue weighted by Gasteiger charge is -1.94. The van der Waals surface area contributed by atoms with Crippen LogP contribution in [0.4, 0.5) is 0 Å². The van der Waals surface area contributed by atoms with Crippen molar-refractivity contribution in [1.29, 1.82) is 0 Å². The highest BCUT2D eigenvalue weighted by Gasteiger charge is 2.02. The minimum atomic E-state index is 1.12. The van der Waals surface area contributed by atoms with E-state index in [0.717, 1.165) is 12.8 Å². The molecule has 0 amide bonds. The molecule has 0 aromatic carbocycles. The second-order valence-electron chi connectivity index (χ2n) is 2.45. The van der Waals surface area contributed by atoms with E-state index >= 15 is 0 Å². The van der Waals surface area contributed by atoms with Crippen molar-refractivity contribution in [2.45, 2.75) is 26.7 Å². The largest absolute Gasteiger partial charge is 0.365 e. The fraction of sp³-hybridized carbons (Fsp3) is 0.500. The van der Waals surface area contributed by atoms with Crippen molar-refractivity contribution >= 4 is 0 Å². The number of allylic oxidation sites excluding steroid dienone is 2. The van der Waals surface area contributed by atoms with Crippen LogP contribution in [-0.2, 0) is 0 Å². The van der Waals surface area contributed by atoms with Gasteiger partial charge in [0.2, 0.25) is 0 Å². The van der Waals surface area contributed by atoms with Gasteiger partial charge in [0.15, 0.2) is 0 Å². The fourth-order valence-electron chi connectivity index (χ4n) is 0.996. The maximum atomic E-state index is 3.21. The molecule has 0 bridgehead atoms. The van der Waals surface area contributed by atoms with Crippen LogP contribution in [-0.4, -0.2) is 0 Å².